The molecule has 4 nitrogen and oxygen atoms in total. The molecule has 5 heteroatoms. The fourth-order valence-electron chi connectivity index (χ4n) is 0.870. The molecule has 0 bridgehead atoms. The summed E-state index contributed by atoms with van der Waals surface area (Å²) >= 11 is 5.56. The molecule has 2 N–H and O–H groups in total. The molecule has 0 aliphatic carbocycles. The Hall–Kier alpha value is -1.42. The predicted molar refractivity (Wildman–Crippen MR) is 46.6 cm³/mol. The van der Waals surface area contributed by atoms with Crippen LogP contribution in [0.15, 0.2) is 12.1 Å². The number of phenols is 1. The van der Waals surface area contributed by atoms with Crippen molar-refractivity contribution in [2.45, 2.75) is 0 Å². The Balaban J connectivity index is 3.30. The van der Waals surface area contributed by atoms with E-state index in [0.717, 1.165) is 6.07 Å². The molecule has 0 spiro atoms. The van der Waals surface area contributed by atoms with Gasteiger partial charge in [0.2, 0.25) is 0 Å². The SMILES string of the molecule is COc1cc(C(=O)O)c(Cl)cc1O. The van der Waals surface area contributed by atoms with Gasteiger partial charge >= 0.3 is 5.97 Å². The topological polar surface area (TPSA) is 66.8 Å². The molecule has 1 aromatic carbocycles. The van der Waals surface area contributed by atoms with Crippen LogP contribution in [-0.2, 0) is 0 Å². The van der Waals surface area contributed by atoms with Gasteiger partial charge in [0.25, 0.3) is 0 Å². The van der Waals surface area contributed by atoms with Gasteiger partial charge in [0, 0.05) is 6.07 Å². The van der Waals surface area contributed by atoms with Crippen molar-refractivity contribution in [3.63, 3.8) is 0 Å². The Labute approximate surface area is 79.3 Å². The lowest BCUT2D eigenvalue weighted by Gasteiger charge is -2.05. The van der Waals surface area contributed by atoms with Gasteiger partial charge in [0.1, 0.15) is 0 Å². The first-order valence-electron chi connectivity index (χ1n) is 3.36. The molecule has 0 heterocycles. The Morgan fingerprint density at radius 3 is 2.62 bits per heavy atom. The number of halogens is 1. The number of carboxylic acid groups (broad SMARTS) is 1. The summed E-state index contributed by atoms with van der Waals surface area (Å²) in [5.41, 5.74) is -0.101. The van der Waals surface area contributed by atoms with E-state index in [2.05, 4.69) is 0 Å². The van der Waals surface area contributed by atoms with Crippen LogP contribution >= 0.6 is 11.6 Å². The minimum absolute atomic E-state index is 0.0224. The standard InChI is InChI=1S/C8H7ClO4/c1-13-7-2-4(8(11)12)5(9)3-6(7)10/h2-3,10H,1H3,(H,11,12). The van der Waals surface area contributed by atoms with Gasteiger partial charge in [-0.1, -0.05) is 11.6 Å². The van der Waals surface area contributed by atoms with Gasteiger partial charge in [0.05, 0.1) is 17.7 Å². The van der Waals surface area contributed by atoms with Gasteiger partial charge in [-0.15, -0.1) is 0 Å². The lowest BCUT2D eigenvalue weighted by molar-refractivity contribution is 0.0696. The third kappa shape index (κ3) is 1.84. The summed E-state index contributed by atoms with van der Waals surface area (Å²) in [7, 11) is 1.33. The van der Waals surface area contributed by atoms with Crippen molar-refractivity contribution in [1.82, 2.24) is 0 Å². The maximum absolute atomic E-state index is 10.6. The Morgan fingerprint density at radius 1 is 1.54 bits per heavy atom. The largest absolute Gasteiger partial charge is 0.504 e. The number of benzene rings is 1. The number of phenolic OH excluding ortho intramolecular Hbond substituents is 1. The number of hydrogen-bond donors (Lipinski definition) is 2. The molecule has 0 unspecified atom stereocenters. The highest BCUT2D eigenvalue weighted by atomic mass is 35.5. The second-order valence-electron chi connectivity index (χ2n) is 2.31. The van der Waals surface area contributed by atoms with Gasteiger partial charge < -0.3 is 14.9 Å². The Kier molecular flexibility index (Phi) is 2.63. The number of aromatic hydroxyl groups is 1. The summed E-state index contributed by atoms with van der Waals surface area (Å²) in [6.07, 6.45) is 0. The van der Waals surface area contributed by atoms with Gasteiger partial charge in [-0.25, -0.2) is 4.79 Å². The number of hydrogen-bond acceptors (Lipinski definition) is 3. The normalized spacial score (nSPS) is 9.69. The van der Waals surface area contributed by atoms with Crippen LogP contribution in [0.1, 0.15) is 10.4 Å². The van der Waals surface area contributed by atoms with Crippen molar-refractivity contribution in [3.05, 3.63) is 22.7 Å². The number of ether oxygens (including phenoxy) is 1. The summed E-state index contributed by atoms with van der Waals surface area (Å²) in [5, 5.41) is 17.8. The van der Waals surface area contributed by atoms with E-state index >= 15 is 0 Å². The van der Waals surface area contributed by atoms with Crippen LogP contribution in [0.4, 0.5) is 0 Å². The molecule has 0 atom stereocenters. The highest BCUT2D eigenvalue weighted by Gasteiger charge is 2.13. The molecule has 1 aromatic rings. The minimum Gasteiger partial charge on any atom is -0.504 e. The first-order chi connectivity index (χ1) is 6.06. The lowest BCUT2D eigenvalue weighted by atomic mass is 10.2. The van der Waals surface area contributed by atoms with E-state index in [9.17, 15) is 9.90 Å². The van der Waals surface area contributed by atoms with Crippen molar-refractivity contribution in [1.29, 1.82) is 0 Å². The smallest absolute Gasteiger partial charge is 0.337 e. The number of aromatic carboxylic acids is 1. The fraction of sp³-hybridized carbons (Fsp3) is 0.125. The van der Waals surface area contributed by atoms with E-state index in [1.54, 1.807) is 0 Å². The molecule has 0 radical (unpaired) electrons. The molecule has 0 saturated heterocycles. The fourth-order valence-corrected chi connectivity index (χ4v) is 1.11. The van der Waals surface area contributed by atoms with Crippen LogP contribution in [0.5, 0.6) is 11.5 Å². The van der Waals surface area contributed by atoms with Crippen LogP contribution in [-0.4, -0.2) is 23.3 Å². The summed E-state index contributed by atoms with van der Waals surface area (Å²) in [4.78, 5) is 10.6. The molecule has 0 aromatic heterocycles. The lowest BCUT2D eigenvalue weighted by Crippen LogP contribution is -1.98. The van der Waals surface area contributed by atoms with E-state index in [-0.39, 0.29) is 22.1 Å². The maximum atomic E-state index is 10.6. The van der Waals surface area contributed by atoms with E-state index < -0.39 is 5.97 Å². The van der Waals surface area contributed by atoms with E-state index in [0.29, 0.717) is 0 Å². The summed E-state index contributed by atoms with van der Waals surface area (Å²) < 4.78 is 4.72. The third-order valence-electron chi connectivity index (χ3n) is 1.50. The Bertz CT molecular complexity index is 348. The zero-order valence-electron chi connectivity index (χ0n) is 6.74. The molecular weight excluding hydrogens is 196 g/mol. The second kappa shape index (κ2) is 3.53. The van der Waals surface area contributed by atoms with Crippen molar-refractivity contribution in [2.75, 3.05) is 7.11 Å². The summed E-state index contributed by atoms with van der Waals surface area (Å²) in [5.74, 6) is -1.26. The number of rotatable bonds is 2. The molecule has 70 valence electrons. The highest BCUT2D eigenvalue weighted by Crippen LogP contribution is 2.31. The van der Waals surface area contributed by atoms with Crippen LogP contribution in [0.3, 0.4) is 0 Å². The Morgan fingerprint density at radius 2 is 2.15 bits per heavy atom. The van der Waals surface area contributed by atoms with Crippen LogP contribution in [0, 0.1) is 0 Å². The molecule has 0 saturated carbocycles. The zero-order valence-corrected chi connectivity index (χ0v) is 7.50. The molecular formula is C8H7ClO4. The van der Waals surface area contributed by atoms with Crippen molar-refractivity contribution in [2.24, 2.45) is 0 Å². The van der Waals surface area contributed by atoms with Gasteiger partial charge in [-0.3, -0.25) is 0 Å². The van der Waals surface area contributed by atoms with Crippen molar-refractivity contribution < 1.29 is 19.7 Å². The van der Waals surface area contributed by atoms with Crippen LogP contribution in [0.25, 0.3) is 0 Å². The maximum Gasteiger partial charge on any atom is 0.337 e. The van der Waals surface area contributed by atoms with Gasteiger partial charge in [0.15, 0.2) is 11.5 Å². The zero-order chi connectivity index (χ0) is 10.0. The molecule has 0 aliphatic heterocycles. The average Bonchev–Trinajstić information content (AvgIpc) is 2.03. The van der Waals surface area contributed by atoms with Gasteiger partial charge in [-0.05, 0) is 6.07 Å². The minimum atomic E-state index is -1.16. The summed E-state index contributed by atoms with van der Waals surface area (Å²) in [6, 6.07) is 2.30. The van der Waals surface area contributed by atoms with E-state index in [4.69, 9.17) is 21.4 Å². The molecule has 13 heavy (non-hydrogen) atoms. The highest BCUT2D eigenvalue weighted by molar-refractivity contribution is 6.33. The molecule has 0 fully saturated rings. The van der Waals surface area contributed by atoms with Crippen molar-refractivity contribution in [3.8, 4) is 11.5 Å². The molecule has 0 amide bonds. The van der Waals surface area contributed by atoms with E-state index in [1.807, 2.05) is 0 Å². The molecule has 0 aliphatic rings. The number of carbonyl (C=O) groups is 1. The number of carboxylic acids is 1. The van der Waals surface area contributed by atoms with Gasteiger partial charge in [-0.2, -0.15) is 0 Å². The van der Waals surface area contributed by atoms with Crippen LogP contribution < -0.4 is 4.74 Å². The summed E-state index contributed by atoms with van der Waals surface area (Å²) in [6.45, 7) is 0. The van der Waals surface area contributed by atoms with E-state index in [1.165, 1.54) is 13.2 Å². The predicted octanol–water partition coefficient (Wildman–Crippen LogP) is 1.75. The van der Waals surface area contributed by atoms with Crippen LogP contribution in [0.2, 0.25) is 5.02 Å². The average molecular weight is 203 g/mol. The molecule has 1 rings (SSSR count). The first kappa shape index (κ1) is 9.67. The quantitative estimate of drug-likeness (QED) is 0.767. The van der Waals surface area contributed by atoms with Crippen molar-refractivity contribution >= 4 is 17.6 Å². The second-order valence-corrected chi connectivity index (χ2v) is 2.72. The number of methoxy groups -OCH3 is 1. The monoisotopic (exact) mass is 202 g/mol. The third-order valence-corrected chi connectivity index (χ3v) is 1.81. The first-order valence-corrected chi connectivity index (χ1v) is 3.74.